The molecule has 2 aliphatic heterocycles. The van der Waals surface area contributed by atoms with E-state index in [9.17, 15) is 13.2 Å². The molecule has 0 aliphatic carbocycles. The van der Waals surface area contributed by atoms with Gasteiger partial charge in [0.2, 0.25) is 15.9 Å². The van der Waals surface area contributed by atoms with Gasteiger partial charge < -0.3 is 14.6 Å². The summed E-state index contributed by atoms with van der Waals surface area (Å²) in [7, 11) is -2.21. The topological polar surface area (TPSA) is 105 Å². The highest BCUT2D eigenvalue weighted by atomic mass is 32.2. The Bertz CT molecular complexity index is 1170. The van der Waals surface area contributed by atoms with Gasteiger partial charge in [-0.05, 0) is 69.5 Å². The molecular formula is C26H36N4O5S. The molecule has 0 radical (unpaired) electrons. The molecule has 1 unspecified atom stereocenters. The normalized spacial score (nSPS) is 20.2. The van der Waals surface area contributed by atoms with Gasteiger partial charge in [0.25, 0.3) is 0 Å². The average molecular weight is 517 g/mol. The highest BCUT2D eigenvalue weighted by Gasteiger charge is 2.36. The van der Waals surface area contributed by atoms with Crippen molar-refractivity contribution in [1.82, 2.24) is 19.7 Å². The average Bonchev–Trinajstić information content (AvgIpc) is 3.52. The molecule has 1 amide bonds. The summed E-state index contributed by atoms with van der Waals surface area (Å²) in [6.07, 6.45) is 6.67. The van der Waals surface area contributed by atoms with E-state index < -0.39 is 10.0 Å². The van der Waals surface area contributed by atoms with Gasteiger partial charge in [0, 0.05) is 31.6 Å². The van der Waals surface area contributed by atoms with E-state index in [4.69, 9.17) is 9.26 Å². The number of aryl methyl sites for hydroxylation is 1. The van der Waals surface area contributed by atoms with Crippen LogP contribution in [0.25, 0.3) is 12.2 Å². The maximum atomic E-state index is 13.5. The molecule has 2 aromatic rings. The first-order valence-electron chi connectivity index (χ1n) is 12.6. The Morgan fingerprint density at radius 2 is 1.89 bits per heavy atom. The van der Waals surface area contributed by atoms with Gasteiger partial charge in [0.05, 0.1) is 7.11 Å². The van der Waals surface area contributed by atoms with Crippen LogP contribution >= 0.6 is 0 Å². The Morgan fingerprint density at radius 1 is 1.17 bits per heavy atom. The summed E-state index contributed by atoms with van der Waals surface area (Å²) in [6.45, 7) is 7.10. The molecule has 0 spiro atoms. The molecule has 2 aliphatic rings. The van der Waals surface area contributed by atoms with Crippen LogP contribution in [0.3, 0.4) is 0 Å². The Balaban J connectivity index is 1.37. The third-order valence-corrected chi connectivity index (χ3v) is 9.27. The number of benzene rings is 1. The number of methoxy groups -OCH3 is 1. The first kappa shape index (κ1) is 26.4. The molecule has 2 fully saturated rings. The standard InChI is InChI=1S/C26H36N4O5S/c1-4-29-15-5-6-22(29)18-27-26(31)21-13-16-30(17-14-21)36(32,33)25-19(2)28-35-24(25)12-9-20-7-10-23(34-3)11-8-20/h7-12,21-22H,4-6,13-18H2,1-3H3,(H,27,31)/b12-9-. The van der Waals surface area contributed by atoms with Crippen LogP contribution in [-0.2, 0) is 14.8 Å². The van der Waals surface area contributed by atoms with Gasteiger partial charge >= 0.3 is 0 Å². The molecule has 1 atom stereocenters. The van der Waals surface area contributed by atoms with E-state index in [2.05, 4.69) is 22.3 Å². The second kappa shape index (κ2) is 11.6. The Labute approximate surface area is 213 Å². The van der Waals surface area contributed by atoms with Crippen molar-refractivity contribution in [3.63, 3.8) is 0 Å². The molecular weight excluding hydrogens is 480 g/mol. The fourth-order valence-electron chi connectivity index (χ4n) is 5.08. The monoisotopic (exact) mass is 516 g/mol. The molecule has 0 bridgehead atoms. The third-order valence-electron chi connectivity index (χ3n) is 7.22. The van der Waals surface area contributed by atoms with Crippen molar-refractivity contribution in [3.05, 3.63) is 41.3 Å². The van der Waals surface area contributed by atoms with Crippen LogP contribution in [0, 0.1) is 12.8 Å². The molecule has 1 aromatic carbocycles. The van der Waals surface area contributed by atoms with Gasteiger partial charge in [0.15, 0.2) is 10.7 Å². The number of aromatic nitrogens is 1. The number of sulfonamides is 1. The fraction of sp³-hybridized carbons (Fsp3) is 0.538. The summed E-state index contributed by atoms with van der Waals surface area (Å²) in [5, 5.41) is 7.02. The summed E-state index contributed by atoms with van der Waals surface area (Å²) in [4.78, 5) is 15.2. The molecule has 1 aromatic heterocycles. The van der Waals surface area contributed by atoms with Gasteiger partial charge in [-0.1, -0.05) is 30.3 Å². The van der Waals surface area contributed by atoms with E-state index in [1.165, 1.54) is 10.7 Å². The van der Waals surface area contributed by atoms with E-state index in [0.29, 0.717) is 31.1 Å². The molecule has 9 nitrogen and oxygen atoms in total. The number of likely N-dealkylation sites (N-methyl/N-ethyl adjacent to an activating group) is 1. The highest BCUT2D eigenvalue weighted by Crippen LogP contribution is 2.29. The van der Waals surface area contributed by atoms with Gasteiger partial charge in [-0.25, -0.2) is 8.42 Å². The molecule has 1 N–H and O–H groups in total. The molecule has 2 saturated heterocycles. The molecule has 10 heteroatoms. The summed E-state index contributed by atoms with van der Waals surface area (Å²) in [6, 6.07) is 7.80. The molecule has 4 rings (SSSR count). The summed E-state index contributed by atoms with van der Waals surface area (Å²) in [5.41, 5.74) is 1.20. The SMILES string of the molecule is CCN1CCCC1CNC(=O)C1CCN(S(=O)(=O)c2c(C)noc2/C=C\c2ccc(OC)cc2)CC1. The maximum Gasteiger partial charge on any atom is 0.248 e. The van der Waals surface area contributed by atoms with Gasteiger partial charge in [-0.2, -0.15) is 4.31 Å². The minimum Gasteiger partial charge on any atom is -0.497 e. The molecule has 196 valence electrons. The van der Waals surface area contributed by atoms with Crippen LogP contribution in [0.4, 0.5) is 0 Å². The van der Waals surface area contributed by atoms with E-state index in [-0.39, 0.29) is 35.6 Å². The predicted octanol–water partition coefficient (Wildman–Crippen LogP) is 3.16. The van der Waals surface area contributed by atoms with Crippen molar-refractivity contribution in [2.75, 3.05) is 39.8 Å². The van der Waals surface area contributed by atoms with Crippen LogP contribution < -0.4 is 10.1 Å². The maximum absolute atomic E-state index is 13.5. The molecule has 0 saturated carbocycles. The summed E-state index contributed by atoms with van der Waals surface area (Å²) in [5.74, 6) is 0.787. The van der Waals surface area contributed by atoms with Crippen LogP contribution in [0.1, 0.15) is 49.6 Å². The zero-order valence-corrected chi connectivity index (χ0v) is 22.1. The minimum absolute atomic E-state index is 0.0271. The Kier molecular flexibility index (Phi) is 8.48. The van der Waals surface area contributed by atoms with Crippen LogP contribution in [0.15, 0.2) is 33.7 Å². The van der Waals surface area contributed by atoms with Crippen molar-refractivity contribution in [2.45, 2.75) is 50.5 Å². The van der Waals surface area contributed by atoms with E-state index >= 15 is 0 Å². The van der Waals surface area contributed by atoms with Gasteiger partial charge in [-0.15, -0.1) is 0 Å². The first-order valence-corrected chi connectivity index (χ1v) is 14.1. The lowest BCUT2D eigenvalue weighted by molar-refractivity contribution is -0.126. The van der Waals surface area contributed by atoms with Gasteiger partial charge in [-0.3, -0.25) is 9.69 Å². The number of hydrogen-bond donors (Lipinski definition) is 1. The molecule has 3 heterocycles. The minimum atomic E-state index is -3.81. The van der Waals surface area contributed by atoms with Crippen molar-refractivity contribution < 1.29 is 22.5 Å². The lowest BCUT2D eigenvalue weighted by Crippen LogP contribution is -2.46. The van der Waals surface area contributed by atoms with Crippen LogP contribution in [0.5, 0.6) is 5.75 Å². The van der Waals surface area contributed by atoms with E-state index in [1.807, 2.05) is 24.3 Å². The molecule has 36 heavy (non-hydrogen) atoms. The number of ether oxygens (including phenoxy) is 1. The number of carbonyl (C=O) groups excluding carboxylic acids is 1. The number of hydrogen-bond acceptors (Lipinski definition) is 7. The number of nitrogens with one attached hydrogen (secondary N) is 1. The Morgan fingerprint density at radius 3 is 2.56 bits per heavy atom. The summed E-state index contributed by atoms with van der Waals surface area (Å²) >= 11 is 0. The number of piperidine rings is 1. The van der Waals surface area contributed by atoms with Crippen LogP contribution in [-0.4, -0.2) is 74.6 Å². The van der Waals surface area contributed by atoms with Crippen molar-refractivity contribution in [2.24, 2.45) is 5.92 Å². The van der Waals surface area contributed by atoms with E-state index in [1.54, 1.807) is 26.2 Å². The lowest BCUT2D eigenvalue weighted by Gasteiger charge is -2.31. The van der Waals surface area contributed by atoms with Crippen molar-refractivity contribution in [1.29, 1.82) is 0 Å². The largest absolute Gasteiger partial charge is 0.497 e. The van der Waals surface area contributed by atoms with Crippen molar-refractivity contribution in [3.8, 4) is 5.75 Å². The highest BCUT2D eigenvalue weighted by molar-refractivity contribution is 7.89. The zero-order valence-electron chi connectivity index (χ0n) is 21.3. The number of amides is 1. The second-order valence-corrected chi connectivity index (χ2v) is 11.3. The smallest absolute Gasteiger partial charge is 0.248 e. The number of nitrogens with zero attached hydrogens (tertiary/aromatic N) is 3. The second-order valence-electron chi connectivity index (χ2n) is 9.42. The number of carbonyl (C=O) groups is 1. The number of likely N-dealkylation sites (tertiary alicyclic amines) is 1. The fourth-order valence-corrected chi connectivity index (χ4v) is 6.80. The first-order chi connectivity index (χ1) is 17.3. The van der Waals surface area contributed by atoms with E-state index in [0.717, 1.165) is 30.8 Å². The van der Waals surface area contributed by atoms with Gasteiger partial charge in [0.1, 0.15) is 11.4 Å². The summed E-state index contributed by atoms with van der Waals surface area (Å²) < 4.78 is 39.0. The Hall–Kier alpha value is -2.69. The van der Waals surface area contributed by atoms with Crippen molar-refractivity contribution >= 4 is 28.1 Å². The van der Waals surface area contributed by atoms with Crippen LogP contribution in [0.2, 0.25) is 0 Å². The number of rotatable bonds is 9. The third kappa shape index (κ3) is 5.82. The predicted molar refractivity (Wildman–Crippen MR) is 138 cm³/mol. The quantitative estimate of drug-likeness (QED) is 0.546. The zero-order chi connectivity index (χ0) is 25.7. The lowest BCUT2D eigenvalue weighted by atomic mass is 9.97.